The van der Waals surface area contributed by atoms with E-state index < -0.39 is 5.82 Å². The molecule has 3 N–H and O–H groups in total. The Balaban J connectivity index is 2.39. The lowest BCUT2D eigenvalue weighted by atomic mass is 10.3. The molecule has 2 aromatic rings. The predicted molar refractivity (Wildman–Crippen MR) is 69.9 cm³/mol. The van der Waals surface area contributed by atoms with E-state index in [2.05, 4.69) is 10.3 Å². The second kappa shape index (κ2) is 5.10. The summed E-state index contributed by atoms with van der Waals surface area (Å²) in [6.45, 7) is 0. The number of hydrogen-bond donors (Lipinski definition) is 2. The minimum atomic E-state index is -0.480. The van der Waals surface area contributed by atoms with E-state index >= 15 is 0 Å². The number of halogens is 2. The minimum absolute atomic E-state index is 0.131. The van der Waals surface area contributed by atoms with Gasteiger partial charge in [0.2, 0.25) is 5.88 Å². The van der Waals surface area contributed by atoms with Crippen molar-refractivity contribution in [2.24, 2.45) is 0 Å². The Morgan fingerprint density at radius 1 is 1.33 bits per heavy atom. The number of ether oxygens (including phenoxy) is 1. The zero-order valence-electron chi connectivity index (χ0n) is 9.58. The van der Waals surface area contributed by atoms with Crippen LogP contribution in [0.25, 0.3) is 0 Å². The molecule has 18 heavy (non-hydrogen) atoms. The molecule has 0 saturated heterocycles. The van der Waals surface area contributed by atoms with Crippen molar-refractivity contribution in [2.45, 2.75) is 0 Å². The number of nitrogens with two attached hydrogens (primary N) is 1. The van der Waals surface area contributed by atoms with Gasteiger partial charge in [0.05, 0.1) is 23.5 Å². The third-order valence-corrected chi connectivity index (χ3v) is 2.63. The first-order valence-electron chi connectivity index (χ1n) is 5.13. The van der Waals surface area contributed by atoms with E-state index in [0.29, 0.717) is 17.4 Å². The molecule has 0 atom stereocenters. The molecule has 1 heterocycles. The highest BCUT2D eigenvalue weighted by molar-refractivity contribution is 6.33. The average molecular weight is 268 g/mol. The SMILES string of the molecule is COc1ccc(N)c(Nc2c(F)cccc2Cl)n1. The summed E-state index contributed by atoms with van der Waals surface area (Å²) in [6, 6.07) is 7.62. The molecule has 0 fully saturated rings. The minimum Gasteiger partial charge on any atom is -0.481 e. The topological polar surface area (TPSA) is 60.2 Å². The van der Waals surface area contributed by atoms with Crippen molar-refractivity contribution < 1.29 is 9.13 Å². The largest absolute Gasteiger partial charge is 0.481 e. The fraction of sp³-hybridized carbons (Fsp3) is 0.0833. The highest BCUT2D eigenvalue weighted by Crippen LogP contribution is 2.30. The zero-order chi connectivity index (χ0) is 13.1. The van der Waals surface area contributed by atoms with E-state index in [1.807, 2.05) is 0 Å². The third kappa shape index (κ3) is 2.46. The molecule has 1 aromatic carbocycles. The number of para-hydroxylation sites is 1. The quantitative estimate of drug-likeness (QED) is 0.896. The Kier molecular flexibility index (Phi) is 3.53. The zero-order valence-corrected chi connectivity index (χ0v) is 10.3. The Hall–Kier alpha value is -2.01. The van der Waals surface area contributed by atoms with Crippen LogP contribution in [0.4, 0.5) is 21.6 Å². The van der Waals surface area contributed by atoms with Crippen molar-refractivity contribution in [3.63, 3.8) is 0 Å². The van der Waals surface area contributed by atoms with Gasteiger partial charge >= 0.3 is 0 Å². The smallest absolute Gasteiger partial charge is 0.215 e. The molecule has 0 saturated carbocycles. The summed E-state index contributed by atoms with van der Waals surface area (Å²) in [5.41, 5.74) is 6.25. The van der Waals surface area contributed by atoms with Gasteiger partial charge in [-0.05, 0) is 18.2 Å². The maximum absolute atomic E-state index is 13.6. The van der Waals surface area contributed by atoms with Gasteiger partial charge in [-0.3, -0.25) is 0 Å². The summed E-state index contributed by atoms with van der Waals surface area (Å²) < 4.78 is 18.6. The second-order valence-electron chi connectivity index (χ2n) is 3.51. The molecule has 0 amide bonds. The van der Waals surface area contributed by atoms with Crippen LogP contribution in [0.5, 0.6) is 5.88 Å². The van der Waals surface area contributed by atoms with Crippen LogP contribution >= 0.6 is 11.6 Å². The average Bonchev–Trinajstić information content (AvgIpc) is 2.36. The molecule has 2 rings (SSSR count). The second-order valence-corrected chi connectivity index (χ2v) is 3.92. The van der Waals surface area contributed by atoms with Gasteiger partial charge in [-0.15, -0.1) is 0 Å². The molecule has 1 aromatic heterocycles. The van der Waals surface area contributed by atoms with E-state index in [1.54, 1.807) is 18.2 Å². The first kappa shape index (κ1) is 12.4. The number of methoxy groups -OCH3 is 1. The molecule has 4 nitrogen and oxygen atoms in total. The van der Waals surface area contributed by atoms with Crippen LogP contribution in [0.2, 0.25) is 5.02 Å². The van der Waals surface area contributed by atoms with Crippen LogP contribution < -0.4 is 15.8 Å². The Labute approximate surface area is 109 Å². The number of benzene rings is 1. The van der Waals surface area contributed by atoms with Gasteiger partial charge in [0, 0.05) is 6.07 Å². The lowest BCUT2D eigenvalue weighted by Crippen LogP contribution is -2.02. The molecular formula is C12H11ClFN3O. The van der Waals surface area contributed by atoms with Crippen LogP contribution in [0.1, 0.15) is 0 Å². The molecule has 0 radical (unpaired) electrons. The molecule has 0 aliphatic rings. The van der Waals surface area contributed by atoms with Gasteiger partial charge in [-0.25, -0.2) is 4.39 Å². The lowest BCUT2D eigenvalue weighted by Gasteiger charge is -2.11. The van der Waals surface area contributed by atoms with Crippen LogP contribution in [-0.4, -0.2) is 12.1 Å². The molecule has 6 heteroatoms. The number of nitrogen functional groups attached to an aromatic ring is 1. The maximum atomic E-state index is 13.6. The first-order valence-corrected chi connectivity index (χ1v) is 5.51. The van der Waals surface area contributed by atoms with Crippen molar-refractivity contribution >= 4 is 28.8 Å². The monoisotopic (exact) mass is 267 g/mol. The number of rotatable bonds is 3. The lowest BCUT2D eigenvalue weighted by molar-refractivity contribution is 0.398. The van der Waals surface area contributed by atoms with Gasteiger partial charge in [0.1, 0.15) is 5.82 Å². The van der Waals surface area contributed by atoms with Gasteiger partial charge in [0.25, 0.3) is 0 Å². The van der Waals surface area contributed by atoms with Crippen LogP contribution in [0.15, 0.2) is 30.3 Å². The number of nitrogens with zero attached hydrogens (tertiary/aromatic N) is 1. The number of pyridine rings is 1. The van der Waals surface area contributed by atoms with Crippen LogP contribution in [0.3, 0.4) is 0 Å². The molecule has 94 valence electrons. The fourth-order valence-electron chi connectivity index (χ4n) is 1.40. The Morgan fingerprint density at radius 3 is 2.78 bits per heavy atom. The van der Waals surface area contributed by atoms with Gasteiger partial charge in [-0.2, -0.15) is 4.98 Å². The molecule has 0 unspecified atom stereocenters. The highest BCUT2D eigenvalue weighted by atomic mass is 35.5. The van der Waals surface area contributed by atoms with Crippen molar-refractivity contribution in [2.75, 3.05) is 18.2 Å². The van der Waals surface area contributed by atoms with E-state index in [9.17, 15) is 4.39 Å². The summed E-state index contributed by atoms with van der Waals surface area (Å²) in [5.74, 6) is 0.187. The van der Waals surface area contributed by atoms with Crippen molar-refractivity contribution in [1.29, 1.82) is 0 Å². The number of nitrogens with one attached hydrogen (secondary N) is 1. The molecule has 0 aliphatic heterocycles. The van der Waals surface area contributed by atoms with E-state index in [0.717, 1.165) is 0 Å². The third-order valence-electron chi connectivity index (χ3n) is 2.32. The summed E-state index contributed by atoms with van der Waals surface area (Å²) >= 11 is 5.90. The normalized spacial score (nSPS) is 10.2. The van der Waals surface area contributed by atoms with E-state index in [4.69, 9.17) is 22.1 Å². The summed E-state index contributed by atoms with van der Waals surface area (Å²) in [6.07, 6.45) is 0. The van der Waals surface area contributed by atoms with Crippen molar-refractivity contribution in [3.05, 3.63) is 41.2 Å². The highest BCUT2D eigenvalue weighted by Gasteiger charge is 2.10. The first-order chi connectivity index (χ1) is 8.61. The molecule has 0 aliphatic carbocycles. The number of anilines is 3. The van der Waals surface area contributed by atoms with Gasteiger partial charge < -0.3 is 15.8 Å². The number of aromatic nitrogens is 1. The molecule has 0 bridgehead atoms. The van der Waals surface area contributed by atoms with Gasteiger partial charge in [0.15, 0.2) is 5.82 Å². The van der Waals surface area contributed by atoms with Crippen molar-refractivity contribution in [1.82, 2.24) is 4.98 Å². The van der Waals surface area contributed by atoms with E-state index in [-0.39, 0.29) is 10.7 Å². The van der Waals surface area contributed by atoms with Crippen LogP contribution in [0, 0.1) is 5.82 Å². The standard InChI is InChI=1S/C12H11ClFN3O/c1-18-10-6-5-9(15)12(16-10)17-11-7(13)3-2-4-8(11)14/h2-6H,15H2,1H3,(H,16,17). The maximum Gasteiger partial charge on any atom is 0.215 e. The Morgan fingerprint density at radius 2 is 2.11 bits per heavy atom. The summed E-state index contributed by atoms with van der Waals surface area (Å²) in [4.78, 5) is 4.08. The van der Waals surface area contributed by atoms with E-state index in [1.165, 1.54) is 19.2 Å². The molecule has 0 spiro atoms. The molecular weight excluding hydrogens is 257 g/mol. The predicted octanol–water partition coefficient (Wildman–Crippen LogP) is 3.21. The summed E-state index contributed by atoms with van der Waals surface area (Å²) in [5, 5.41) is 3.01. The Bertz CT molecular complexity index is 557. The number of hydrogen-bond acceptors (Lipinski definition) is 4. The summed E-state index contributed by atoms with van der Waals surface area (Å²) in [7, 11) is 1.48. The van der Waals surface area contributed by atoms with Crippen molar-refractivity contribution in [3.8, 4) is 5.88 Å². The van der Waals surface area contributed by atoms with Crippen LogP contribution in [-0.2, 0) is 0 Å². The fourth-order valence-corrected chi connectivity index (χ4v) is 1.61. The van der Waals surface area contributed by atoms with Gasteiger partial charge in [-0.1, -0.05) is 17.7 Å².